The van der Waals surface area contributed by atoms with Gasteiger partial charge in [-0.3, -0.25) is 4.57 Å². The van der Waals surface area contributed by atoms with Crippen LogP contribution in [-0.4, -0.2) is 14.5 Å². The maximum absolute atomic E-state index is 11.2. The van der Waals surface area contributed by atoms with Gasteiger partial charge in [-0.15, -0.1) is 0 Å². The third-order valence-corrected chi connectivity index (χ3v) is 1.80. The second-order valence-electron chi connectivity index (χ2n) is 2.69. The summed E-state index contributed by atoms with van der Waals surface area (Å²) in [6.07, 6.45) is 3.07. The molecule has 2 heterocycles. The minimum absolute atomic E-state index is 0.233. The Bertz CT molecular complexity index is 434. The molecule has 0 aliphatic rings. The zero-order chi connectivity index (χ0) is 8.72. The fraction of sp³-hybridized carbons (Fsp3) is 0.286. The third-order valence-electron chi connectivity index (χ3n) is 1.80. The van der Waals surface area contributed by atoms with Crippen molar-refractivity contribution in [1.29, 1.82) is 0 Å². The van der Waals surface area contributed by atoms with Gasteiger partial charge in [-0.25, -0.2) is 9.55 Å². The van der Waals surface area contributed by atoms with Crippen molar-refractivity contribution in [2.24, 2.45) is 14.1 Å². The highest BCUT2D eigenvalue weighted by Crippen LogP contribution is 2.12. The zero-order valence-corrected chi connectivity index (χ0v) is 6.85. The van der Waals surface area contributed by atoms with Crippen LogP contribution in [0, 0.1) is 0 Å². The predicted molar refractivity (Wildman–Crippen MR) is 39.1 cm³/mol. The highest BCUT2D eigenvalue weighted by Gasteiger charge is 2.11. The molecule has 0 unspecified atom stereocenters. The quantitative estimate of drug-likeness (QED) is 0.463. The molecule has 0 atom stereocenters. The molecule has 0 N–H and O–H groups in total. The first-order chi connectivity index (χ1) is 5.70. The van der Waals surface area contributed by atoms with Gasteiger partial charge in [0, 0.05) is 5.88 Å². The fourth-order valence-electron chi connectivity index (χ4n) is 1.29. The van der Waals surface area contributed by atoms with E-state index in [0.29, 0.717) is 11.2 Å². The monoisotopic (exact) mass is 164 g/mol. The number of fused-ring (bicyclic) bond motifs is 1. The number of nitrogens with zero attached hydrogens (tertiary/aromatic N) is 4. The predicted octanol–water partition coefficient (Wildman–Crippen LogP) is -1.13. The van der Waals surface area contributed by atoms with E-state index in [4.69, 9.17) is 0 Å². The van der Waals surface area contributed by atoms with Crippen molar-refractivity contribution in [3.05, 3.63) is 12.7 Å². The molecule has 62 valence electrons. The van der Waals surface area contributed by atoms with Crippen LogP contribution in [0.25, 0.3) is 11.2 Å². The minimum atomic E-state index is -0.233. The lowest BCUT2D eigenvalue weighted by Gasteiger charge is -2.00. The molecule has 2 aromatic heterocycles. The van der Waals surface area contributed by atoms with E-state index in [0.717, 1.165) is 0 Å². The molecule has 2 aromatic rings. The maximum atomic E-state index is 11.2. The molecular formula is C7H8N4O. The summed E-state index contributed by atoms with van der Waals surface area (Å²) in [4.78, 5) is 7.57. The van der Waals surface area contributed by atoms with Crippen LogP contribution >= 0.6 is 0 Å². The van der Waals surface area contributed by atoms with Crippen molar-refractivity contribution in [3.63, 3.8) is 0 Å². The van der Waals surface area contributed by atoms with E-state index in [-0.39, 0.29) is 5.88 Å². The molecule has 0 aliphatic carbocycles. The summed E-state index contributed by atoms with van der Waals surface area (Å²) in [5, 5.41) is 11.2. The summed E-state index contributed by atoms with van der Waals surface area (Å²) in [7, 11) is 3.64. The van der Waals surface area contributed by atoms with Gasteiger partial charge in [0.15, 0.2) is 18.2 Å². The van der Waals surface area contributed by atoms with E-state index < -0.39 is 0 Å². The van der Waals surface area contributed by atoms with Crippen LogP contribution in [0.2, 0.25) is 0 Å². The first kappa shape index (κ1) is 7.02. The van der Waals surface area contributed by atoms with Crippen molar-refractivity contribution in [2.45, 2.75) is 0 Å². The van der Waals surface area contributed by atoms with Crippen molar-refractivity contribution in [2.75, 3.05) is 0 Å². The van der Waals surface area contributed by atoms with Gasteiger partial charge in [0.05, 0.1) is 14.1 Å². The van der Waals surface area contributed by atoms with Crippen molar-refractivity contribution in [1.82, 2.24) is 14.5 Å². The Morgan fingerprint density at radius 3 is 2.92 bits per heavy atom. The van der Waals surface area contributed by atoms with E-state index in [1.807, 2.05) is 7.05 Å². The Labute approximate surface area is 68.9 Å². The summed E-state index contributed by atoms with van der Waals surface area (Å²) in [6.45, 7) is 0. The molecule has 0 radical (unpaired) electrons. The van der Waals surface area contributed by atoms with Gasteiger partial charge in [-0.05, 0) is 0 Å². The van der Waals surface area contributed by atoms with Gasteiger partial charge < -0.3 is 5.11 Å². The average Bonchev–Trinajstić information content (AvgIpc) is 2.29. The molecule has 12 heavy (non-hydrogen) atoms. The number of hydrogen-bond donors (Lipinski definition) is 0. The molecule has 0 saturated carbocycles. The molecule has 5 heteroatoms. The zero-order valence-electron chi connectivity index (χ0n) is 6.85. The fourth-order valence-corrected chi connectivity index (χ4v) is 1.29. The average molecular weight is 164 g/mol. The van der Waals surface area contributed by atoms with E-state index >= 15 is 0 Å². The summed E-state index contributed by atoms with van der Waals surface area (Å²) in [6, 6.07) is 0. The molecule has 0 fully saturated rings. The Hall–Kier alpha value is -1.65. The first-order valence-corrected chi connectivity index (χ1v) is 3.53. The topological polar surface area (TPSA) is 57.7 Å². The van der Waals surface area contributed by atoms with Gasteiger partial charge in [0.25, 0.3) is 0 Å². The molecule has 0 spiro atoms. The van der Waals surface area contributed by atoms with Crippen molar-refractivity contribution < 1.29 is 9.67 Å². The van der Waals surface area contributed by atoms with Crippen molar-refractivity contribution in [3.8, 4) is 5.88 Å². The smallest absolute Gasteiger partial charge is 0.304 e. The minimum Gasteiger partial charge on any atom is -0.856 e. The van der Waals surface area contributed by atoms with Crippen LogP contribution in [0.3, 0.4) is 0 Å². The molecular weight excluding hydrogens is 156 g/mol. The molecule has 0 amide bonds. The summed E-state index contributed by atoms with van der Waals surface area (Å²) < 4.78 is 3.51. The van der Waals surface area contributed by atoms with E-state index in [9.17, 15) is 5.11 Å². The molecule has 0 bridgehead atoms. The molecule has 0 aliphatic heterocycles. The second-order valence-corrected chi connectivity index (χ2v) is 2.69. The Balaban J connectivity index is 2.99. The lowest BCUT2D eigenvalue weighted by Crippen LogP contribution is -2.26. The van der Waals surface area contributed by atoms with Crippen LogP contribution in [0.4, 0.5) is 0 Å². The Morgan fingerprint density at radius 1 is 1.50 bits per heavy atom. The third kappa shape index (κ3) is 0.761. The highest BCUT2D eigenvalue weighted by atomic mass is 16.3. The van der Waals surface area contributed by atoms with Gasteiger partial charge in [0.2, 0.25) is 0 Å². The van der Waals surface area contributed by atoms with Crippen LogP contribution < -0.4 is 9.67 Å². The van der Waals surface area contributed by atoms with Crippen LogP contribution in [-0.2, 0) is 14.1 Å². The van der Waals surface area contributed by atoms with E-state index in [1.165, 1.54) is 6.33 Å². The van der Waals surface area contributed by atoms with Crippen LogP contribution in [0.1, 0.15) is 0 Å². The molecule has 0 aromatic carbocycles. The SMILES string of the molecule is Cn1c[n+](C)c2ncnc([O-])c21. The van der Waals surface area contributed by atoms with Gasteiger partial charge in [-0.1, -0.05) is 4.98 Å². The molecule has 2 rings (SSSR count). The lowest BCUT2D eigenvalue weighted by molar-refractivity contribution is -0.647. The Kier molecular flexibility index (Phi) is 1.27. The number of hydrogen-bond acceptors (Lipinski definition) is 3. The number of aromatic nitrogens is 4. The maximum Gasteiger partial charge on any atom is 0.304 e. The second kappa shape index (κ2) is 2.17. The molecule has 0 saturated heterocycles. The lowest BCUT2D eigenvalue weighted by atomic mass is 10.5. The number of rotatable bonds is 0. The van der Waals surface area contributed by atoms with Crippen LogP contribution in [0.5, 0.6) is 5.88 Å². The van der Waals surface area contributed by atoms with Gasteiger partial charge >= 0.3 is 5.65 Å². The summed E-state index contributed by atoms with van der Waals surface area (Å²) in [5.41, 5.74) is 1.21. The summed E-state index contributed by atoms with van der Waals surface area (Å²) in [5.74, 6) is -0.233. The molecule has 5 nitrogen and oxygen atoms in total. The Morgan fingerprint density at radius 2 is 2.25 bits per heavy atom. The largest absolute Gasteiger partial charge is 0.856 e. The van der Waals surface area contributed by atoms with Gasteiger partial charge in [0.1, 0.15) is 0 Å². The van der Waals surface area contributed by atoms with E-state index in [1.54, 1.807) is 22.5 Å². The van der Waals surface area contributed by atoms with Crippen LogP contribution in [0.15, 0.2) is 12.7 Å². The van der Waals surface area contributed by atoms with E-state index in [2.05, 4.69) is 9.97 Å². The number of aryl methyl sites for hydroxylation is 2. The first-order valence-electron chi connectivity index (χ1n) is 3.53. The van der Waals surface area contributed by atoms with Gasteiger partial charge in [-0.2, -0.15) is 0 Å². The highest BCUT2D eigenvalue weighted by molar-refractivity contribution is 5.72. The number of imidazole rings is 1. The normalized spacial score (nSPS) is 10.8. The standard InChI is InChI=1S/C7H8N4O/c1-10-4-11(2)6-5(10)7(12)9-3-8-6/h3-4H,1-2H3. The summed E-state index contributed by atoms with van der Waals surface area (Å²) >= 11 is 0. The van der Waals surface area contributed by atoms with Crippen molar-refractivity contribution >= 4 is 11.2 Å².